The Hall–Kier alpha value is -1.94. The molecular formula is C78H152O17P2. The van der Waals surface area contributed by atoms with Gasteiger partial charge >= 0.3 is 39.5 Å². The summed E-state index contributed by atoms with van der Waals surface area (Å²) in [5.74, 6) is 0.954. The lowest BCUT2D eigenvalue weighted by Crippen LogP contribution is -2.30. The third kappa shape index (κ3) is 72.2. The van der Waals surface area contributed by atoms with E-state index in [0.717, 1.165) is 114 Å². The van der Waals surface area contributed by atoms with E-state index < -0.39 is 97.5 Å². The summed E-state index contributed by atoms with van der Waals surface area (Å²) in [4.78, 5) is 72.9. The van der Waals surface area contributed by atoms with Crippen LogP contribution in [0.3, 0.4) is 0 Å². The molecule has 19 heteroatoms. The van der Waals surface area contributed by atoms with E-state index in [9.17, 15) is 43.2 Å². The van der Waals surface area contributed by atoms with Crippen molar-refractivity contribution in [3.05, 3.63) is 0 Å². The Morgan fingerprint density at radius 2 is 0.433 bits per heavy atom. The second-order valence-electron chi connectivity index (χ2n) is 30.0. The molecule has 0 aromatic heterocycles. The topological polar surface area (TPSA) is 237 Å². The molecule has 576 valence electrons. The van der Waals surface area contributed by atoms with Gasteiger partial charge in [0.1, 0.15) is 19.3 Å². The van der Waals surface area contributed by atoms with Gasteiger partial charge in [-0.25, -0.2) is 9.13 Å². The van der Waals surface area contributed by atoms with E-state index in [4.69, 9.17) is 37.0 Å². The lowest BCUT2D eigenvalue weighted by atomic mass is 10.0. The molecule has 0 aromatic rings. The van der Waals surface area contributed by atoms with Crippen molar-refractivity contribution in [1.29, 1.82) is 0 Å². The maximum Gasteiger partial charge on any atom is 0.472 e. The van der Waals surface area contributed by atoms with Crippen LogP contribution in [0.4, 0.5) is 0 Å². The van der Waals surface area contributed by atoms with Crippen molar-refractivity contribution >= 4 is 39.5 Å². The van der Waals surface area contributed by atoms with Crippen LogP contribution in [0.5, 0.6) is 0 Å². The number of hydrogen-bond donors (Lipinski definition) is 3. The predicted octanol–water partition coefficient (Wildman–Crippen LogP) is 22.8. The van der Waals surface area contributed by atoms with Crippen LogP contribution in [0, 0.1) is 23.7 Å². The van der Waals surface area contributed by atoms with E-state index in [2.05, 4.69) is 55.4 Å². The first-order chi connectivity index (χ1) is 46.6. The summed E-state index contributed by atoms with van der Waals surface area (Å²) >= 11 is 0. The summed E-state index contributed by atoms with van der Waals surface area (Å²) in [6.07, 6.45) is 52.6. The van der Waals surface area contributed by atoms with E-state index in [1.807, 2.05) is 0 Å². The number of rotatable bonds is 75. The maximum atomic E-state index is 13.1. The summed E-state index contributed by atoms with van der Waals surface area (Å²) in [7, 11) is -9.92. The highest BCUT2D eigenvalue weighted by atomic mass is 31.2. The normalized spacial score (nSPS) is 14.1. The smallest absolute Gasteiger partial charge is 0.462 e. The van der Waals surface area contributed by atoms with Crippen LogP contribution in [0.2, 0.25) is 0 Å². The lowest BCUT2D eigenvalue weighted by molar-refractivity contribution is -0.161. The Morgan fingerprint density at radius 1 is 0.258 bits per heavy atom. The second kappa shape index (κ2) is 67.2. The Labute approximate surface area is 594 Å². The standard InChI is InChI=1S/C78H152O17P2/c1-68(2)54-46-38-30-22-16-10-9-11-20-26-36-44-52-60-77(82)94-73(64-88-75(80)58-50-42-34-25-19-14-12-17-23-31-39-47-55-69(3)4)66-92-96(84,85)90-62-72(79)63-91-97(86,87)93-67-74(65-89-76(81)59-51-43-35-29-28-33-41-49-57-71(7)8)95-78(83)61-53-45-37-27-21-15-13-18-24-32-40-48-56-70(5)6/h68-74,79H,9-67H2,1-8H3,(H,84,85)(H,86,87)/t72-,73-,74-/m1/s1. The van der Waals surface area contributed by atoms with Crippen LogP contribution >= 0.6 is 15.6 Å². The molecule has 2 unspecified atom stereocenters. The highest BCUT2D eigenvalue weighted by Crippen LogP contribution is 2.45. The Morgan fingerprint density at radius 3 is 0.639 bits per heavy atom. The van der Waals surface area contributed by atoms with Crippen molar-refractivity contribution < 1.29 is 80.2 Å². The molecule has 0 bridgehead atoms. The molecule has 0 aromatic carbocycles. The number of esters is 4. The first kappa shape index (κ1) is 95.1. The largest absolute Gasteiger partial charge is 0.472 e. The van der Waals surface area contributed by atoms with Gasteiger partial charge in [0.25, 0.3) is 0 Å². The molecule has 17 nitrogen and oxygen atoms in total. The molecule has 97 heavy (non-hydrogen) atoms. The molecule has 0 aliphatic heterocycles. The minimum atomic E-state index is -4.96. The lowest BCUT2D eigenvalue weighted by Gasteiger charge is -2.21. The Bertz CT molecular complexity index is 1900. The summed E-state index contributed by atoms with van der Waals surface area (Å²) in [6, 6.07) is 0. The third-order valence-corrected chi connectivity index (χ3v) is 20.0. The number of aliphatic hydroxyl groups excluding tert-OH is 1. The van der Waals surface area contributed by atoms with Gasteiger partial charge in [0, 0.05) is 25.7 Å². The highest BCUT2D eigenvalue weighted by Gasteiger charge is 2.30. The van der Waals surface area contributed by atoms with Gasteiger partial charge in [-0.1, -0.05) is 344 Å². The monoisotopic (exact) mass is 1420 g/mol. The molecule has 5 atom stereocenters. The van der Waals surface area contributed by atoms with Crippen LogP contribution in [0.1, 0.15) is 396 Å². The van der Waals surface area contributed by atoms with E-state index in [1.165, 1.54) is 199 Å². The zero-order valence-corrected chi connectivity index (χ0v) is 65.5. The van der Waals surface area contributed by atoms with Gasteiger partial charge in [-0.05, 0) is 49.4 Å². The summed E-state index contributed by atoms with van der Waals surface area (Å²) in [5.41, 5.74) is 0. The number of aliphatic hydroxyl groups is 1. The SMILES string of the molecule is CC(C)CCCCCCCCCCCCCCCC(=O)O[C@H](COC(=O)CCCCCCCCCCCCCCC(C)C)COP(=O)(O)OC[C@@H](O)COP(=O)(O)OC[C@@H](COC(=O)CCCCCCCCCCC(C)C)OC(=O)CCCCCCCCCCCCCCC(C)C. The van der Waals surface area contributed by atoms with E-state index in [1.54, 1.807) is 0 Å². The van der Waals surface area contributed by atoms with Gasteiger partial charge < -0.3 is 33.8 Å². The van der Waals surface area contributed by atoms with Gasteiger partial charge in [0.2, 0.25) is 0 Å². The number of unbranched alkanes of at least 4 members (excludes halogenated alkanes) is 41. The first-order valence-corrected chi connectivity index (χ1v) is 43.2. The maximum absolute atomic E-state index is 13.1. The quantitative estimate of drug-likeness (QED) is 0.0222. The molecule has 0 aliphatic carbocycles. The fourth-order valence-corrected chi connectivity index (χ4v) is 13.5. The number of ether oxygens (including phenoxy) is 4. The van der Waals surface area contributed by atoms with Gasteiger partial charge in [0.05, 0.1) is 26.4 Å². The van der Waals surface area contributed by atoms with Crippen LogP contribution in [0.25, 0.3) is 0 Å². The Kier molecular flexibility index (Phi) is 65.9. The van der Waals surface area contributed by atoms with Crippen molar-refractivity contribution in [1.82, 2.24) is 0 Å². The van der Waals surface area contributed by atoms with E-state index >= 15 is 0 Å². The fraction of sp³-hybridized carbons (Fsp3) is 0.949. The molecule has 0 rings (SSSR count). The van der Waals surface area contributed by atoms with Crippen LogP contribution in [-0.4, -0.2) is 96.7 Å². The first-order valence-electron chi connectivity index (χ1n) is 40.2. The number of hydrogen-bond acceptors (Lipinski definition) is 15. The molecule has 0 heterocycles. The summed E-state index contributed by atoms with van der Waals surface area (Å²) < 4.78 is 68.6. The molecular weight excluding hydrogens is 1270 g/mol. The number of carbonyl (C=O) groups is 4. The van der Waals surface area contributed by atoms with Crippen molar-refractivity contribution in [2.75, 3.05) is 39.6 Å². The zero-order chi connectivity index (χ0) is 71.7. The molecule has 0 saturated heterocycles. The van der Waals surface area contributed by atoms with Gasteiger partial charge in [0.15, 0.2) is 12.2 Å². The molecule has 3 N–H and O–H groups in total. The molecule has 0 amide bonds. The van der Waals surface area contributed by atoms with Crippen LogP contribution in [0.15, 0.2) is 0 Å². The minimum Gasteiger partial charge on any atom is -0.462 e. The average Bonchev–Trinajstić information content (AvgIpc) is 1.09. The van der Waals surface area contributed by atoms with Gasteiger partial charge in [-0.2, -0.15) is 0 Å². The van der Waals surface area contributed by atoms with Crippen LogP contribution < -0.4 is 0 Å². The van der Waals surface area contributed by atoms with Crippen molar-refractivity contribution in [3.8, 4) is 0 Å². The average molecular weight is 1420 g/mol. The van der Waals surface area contributed by atoms with Crippen molar-refractivity contribution in [2.24, 2.45) is 23.7 Å². The summed E-state index contributed by atoms with van der Waals surface area (Å²) in [5, 5.41) is 10.6. The van der Waals surface area contributed by atoms with Gasteiger partial charge in [-0.15, -0.1) is 0 Å². The highest BCUT2D eigenvalue weighted by molar-refractivity contribution is 7.47. The number of phosphoric ester groups is 2. The molecule has 0 radical (unpaired) electrons. The second-order valence-corrected chi connectivity index (χ2v) is 32.9. The molecule has 0 spiro atoms. The zero-order valence-electron chi connectivity index (χ0n) is 63.7. The molecule has 0 aliphatic rings. The molecule has 0 saturated carbocycles. The summed E-state index contributed by atoms with van der Waals surface area (Å²) in [6.45, 7) is 14.2. The third-order valence-electron chi connectivity index (χ3n) is 18.1. The van der Waals surface area contributed by atoms with Crippen molar-refractivity contribution in [2.45, 2.75) is 414 Å². The van der Waals surface area contributed by atoms with E-state index in [0.29, 0.717) is 25.7 Å². The van der Waals surface area contributed by atoms with Crippen LogP contribution in [-0.2, 0) is 65.4 Å². The van der Waals surface area contributed by atoms with Gasteiger partial charge in [-0.3, -0.25) is 37.3 Å². The minimum absolute atomic E-state index is 0.106. The number of carbonyl (C=O) groups excluding carboxylic acids is 4. The van der Waals surface area contributed by atoms with E-state index in [-0.39, 0.29) is 25.7 Å². The molecule has 0 fully saturated rings. The Balaban J connectivity index is 5.27. The predicted molar refractivity (Wildman–Crippen MR) is 395 cm³/mol. The fourth-order valence-electron chi connectivity index (χ4n) is 11.9. The number of phosphoric acid groups is 2. The van der Waals surface area contributed by atoms with Crippen molar-refractivity contribution in [3.63, 3.8) is 0 Å².